The molecule has 0 spiro atoms. The highest BCUT2D eigenvalue weighted by atomic mass is 19.4. The Labute approximate surface area is 112 Å². The largest absolute Gasteiger partial charge is 0.461 e. The molecule has 0 radical (unpaired) electrons. The van der Waals surface area contributed by atoms with E-state index >= 15 is 0 Å². The molecule has 1 heterocycles. The molecule has 0 aliphatic rings. The van der Waals surface area contributed by atoms with Crippen LogP contribution < -0.4 is 0 Å². The predicted octanol–water partition coefficient (Wildman–Crippen LogP) is 3.79. The molecule has 0 aliphatic carbocycles. The number of hydrogen-bond donors (Lipinski definition) is 0. The molecule has 1 atom stereocenters. The average molecular weight is 279 g/mol. The lowest BCUT2D eigenvalue weighted by Crippen LogP contribution is -2.12. The number of halogens is 3. The third-order valence-corrected chi connectivity index (χ3v) is 2.70. The van der Waals surface area contributed by atoms with Gasteiger partial charge in [-0.25, -0.2) is 0 Å². The summed E-state index contributed by atoms with van der Waals surface area (Å²) < 4.78 is 42.7. The van der Waals surface area contributed by atoms with Crippen LogP contribution in [0.4, 0.5) is 13.2 Å². The number of furan rings is 1. The van der Waals surface area contributed by atoms with Crippen molar-refractivity contribution in [1.29, 1.82) is 5.26 Å². The molecule has 0 aliphatic heterocycles. The number of benzene rings is 1. The molecule has 1 unspecified atom stereocenters. The fraction of sp³-hybridized carbons (Fsp3) is 0.143. The fourth-order valence-corrected chi connectivity index (χ4v) is 1.74. The molecule has 102 valence electrons. The van der Waals surface area contributed by atoms with E-state index < -0.39 is 23.4 Å². The van der Waals surface area contributed by atoms with Crippen LogP contribution in [-0.4, -0.2) is 5.78 Å². The first-order valence-electron chi connectivity index (χ1n) is 5.58. The van der Waals surface area contributed by atoms with Gasteiger partial charge in [-0.2, -0.15) is 18.4 Å². The van der Waals surface area contributed by atoms with Crippen LogP contribution in [0.5, 0.6) is 0 Å². The van der Waals surface area contributed by atoms with Gasteiger partial charge in [-0.1, -0.05) is 18.2 Å². The summed E-state index contributed by atoms with van der Waals surface area (Å²) in [6.45, 7) is 0. The molecule has 3 nitrogen and oxygen atoms in total. The van der Waals surface area contributed by atoms with Gasteiger partial charge in [0.05, 0.1) is 17.9 Å². The molecule has 0 saturated carbocycles. The number of ketones is 1. The molecule has 0 bridgehead atoms. The Morgan fingerprint density at radius 3 is 2.55 bits per heavy atom. The molecule has 2 rings (SSSR count). The first kappa shape index (κ1) is 13.9. The van der Waals surface area contributed by atoms with Gasteiger partial charge in [-0.05, 0) is 23.8 Å². The SMILES string of the molecule is N#CC(C(=O)c1ccco1)c1cccc(C(F)(F)F)c1. The summed E-state index contributed by atoms with van der Waals surface area (Å²) in [7, 11) is 0. The van der Waals surface area contributed by atoms with Crippen LogP contribution >= 0.6 is 0 Å². The lowest BCUT2D eigenvalue weighted by atomic mass is 9.93. The Kier molecular flexibility index (Phi) is 3.61. The van der Waals surface area contributed by atoms with Crippen molar-refractivity contribution in [3.63, 3.8) is 0 Å². The zero-order valence-corrected chi connectivity index (χ0v) is 10.0. The summed E-state index contributed by atoms with van der Waals surface area (Å²) in [6, 6.07) is 8.69. The number of carbonyl (C=O) groups excluding carboxylic acids is 1. The summed E-state index contributed by atoms with van der Waals surface area (Å²) in [5.41, 5.74) is -0.911. The highest BCUT2D eigenvalue weighted by Crippen LogP contribution is 2.31. The third kappa shape index (κ3) is 2.72. The summed E-state index contributed by atoms with van der Waals surface area (Å²) in [5, 5.41) is 9.05. The molecular weight excluding hydrogens is 271 g/mol. The number of nitrogens with zero attached hydrogens (tertiary/aromatic N) is 1. The maximum atomic E-state index is 12.6. The Morgan fingerprint density at radius 1 is 1.25 bits per heavy atom. The third-order valence-electron chi connectivity index (χ3n) is 2.70. The lowest BCUT2D eigenvalue weighted by Gasteiger charge is -2.11. The van der Waals surface area contributed by atoms with Crippen LogP contribution in [0.15, 0.2) is 47.1 Å². The van der Waals surface area contributed by atoms with E-state index in [2.05, 4.69) is 0 Å². The fourth-order valence-electron chi connectivity index (χ4n) is 1.74. The quantitative estimate of drug-likeness (QED) is 0.803. The predicted molar refractivity (Wildman–Crippen MR) is 62.8 cm³/mol. The number of hydrogen-bond acceptors (Lipinski definition) is 3. The highest BCUT2D eigenvalue weighted by Gasteiger charge is 2.32. The van der Waals surface area contributed by atoms with Gasteiger partial charge in [0, 0.05) is 0 Å². The zero-order valence-electron chi connectivity index (χ0n) is 10.0. The van der Waals surface area contributed by atoms with Crippen molar-refractivity contribution in [2.45, 2.75) is 12.1 Å². The van der Waals surface area contributed by atoms with Gasteiger partial charge in [-0.15, -0.1) is 0 Å². The second-order valence-electron chi connectivity index (χ2n) is 4.03. The van der Waals surface area contributed by atoms with E-state index in [1.165, 1.54) is 24.5 Å². The first-order valence-corrected chi connectivity index (χ1v) is 5.58. The maximum absolute atomic E-state index is 12.6. The van der Waals surface area contributed by atoms with Gasteiger partial charge in [0.15, 0.2) is 5.76 Å². The topological polar surface area (TPSA) is 54.0 Å². The van der Waals surface area contributed by atoms with E-state index in [-0.39, 0.29) is 11.3 Å². The minimum absolute atomic E-state index is 0.0104. The van der Waals surface area contributed by atoms with Gasteiger partial charge in [0.25, 0.3) is 0 Å². The van der Waals surface area contributed by atoms with Crippen molar-refractivity contribution in [1.82, 2.24) is 0 Å². The molecule has 1 aromatic heterocycles. The van der Waals surface area contributed by atoms with Crippen molar-refractivity contribution < 1.29 is 22.4 Å². The van der Waals surface area contributed by atoms with Crippen LogP contribution in [0, 0.1) is 11.3 Å². The molecule has 0 amide bonds. The lowest BCUT2D eigenvalue weighted by molar-refractivity contribution is -0.137. The Bertz CT molecular complexity index is 654. The molecule has 1 aromatic carbocycles. The van der Waals surface area contributed by atoms with Crippen molar-refractivity contribution in [2.75, 3.05) is 0 Å². The number of carbonyl (C=O) groups is 1. The van der Waals surface area contributed by atoms with E-state index in [4.69, 9.17) is 9.68 Å². The molecule has 2 aromatic rings. The Balaban J connectivity index is 2.39. The van der Waals surface area contributed by atoms with E-state index in [0.717, 1.165) is 18.2 Å². The molecular formula is C14H8F3NO2. The molecule has 0 fully saturated rings. The minimum atomic E-state index is -4.52. The standard InChI is InChI=1S/C14H8F3NO2/c15-14(16,17)10-4-1-3-9(7-10)11(8-18)13(19)12-5-2-6-20-12/h1-7,11H. The van der Waals surface area contributed by atoms with Crippen LogP contribution in [0.2, 0.25) is 0 Å². The van der Waals surface area contributed by atoms with Crippen molar-refractivity contribution in [3.05, 3.63) is 59.5 Å². The Hall–Kier alpha value is -2.55. The molecule has 20 heavy (non-hydrogen) atoms. The normalized spacial score (nSPS) is 12.7. The zero-order chi connectivity index (χ0) is 14.8. The number of alkyl halides is 3. The minimum Gasteiger partial charge on any atom is -0.461 e. The van der Waals surface area contributed by atoms with Crippen LogP contribution in [-0.2, 0) is 6.18 Å². The Morgan fingerprint density at radius 2 is 2.00 bits per heavy atom. The van der Waals surface area contributed by atoms with Crippen LogP contribution in [0.3, 0.4) is 0 Å². The molecule has 0 N–H and O–H groups in total. The maximum Gasteiger partial charge on any atom is 0.416 e. The first-order chi connectivity index (χ1) is 9.43. The second-order valence-corrected chi connectivity index (χ2v) is 4.03. The van der Waals surface area contributed by atoms with Gasteiger partial charge in [0.2, 0.25) is 5.78 Å². The second kappa shape index (κ2) is 5.21. The summed E-state index contributed by atoms with van der Waals surface area (Å²) in [4.78, 5) is 12.0. The molecule has 0 saturated heterocycles. The average Bonchev–Trinajstić information content (AvgIpc) is 2.93. The van der Waals surface area contributed by atoms with Crippen LogP contribution in [0.25, 0.3) is 0 Å². The smallest absolute Gasteiger partial charge is 0.416 e. The number of nitriles is 1. The van der Waals surface area contributed by atoms with E-state index in [1.54, 1.807) is 6.07 Å². The van der Waals surface area contributed by atoms with Crippen molar-refractivity contribution in [2.24, 2.45) is 0 Å². The van der Waals surface area contributed by atoms with Crippen LogP contribution in [0.1, 0.15) is 27.6 Å². The monoisotopic (exact) mass is 279 g/mol. The summed E-state index contributed by atoms with van der Waals surface area (Å²) in [6.07, 6.45) is -3.27. The number of rotatable bonds is 3. The van der Waals surface area contributed by atoms with Gasteiger partial charge >= 0.3 is 6.18 Å². The highest BCUT2D eigenvalue weighted by molar-refractivity contribution is 6.00. The summed E-state index contributed by atoms with van der Waals surface area (Å²) >= 11 is 0. The van der Waals surface area contributed by atoms with E-state index in [0.29, 0.717) is 0 Å². The van der Waals surface area contributed by atoms with Gasteiger partial charge in [-0.3, -0.25) is 4.79 Å². The van der Waals surface area contributed by atoms with Crippen molar-refractivity contribution >= 4 is 5.78 Å². The summed E-state index contributed by atoms with van der Waals surface area (Å²) in [5.74, 6) is -2.06. The van der Waals surface area contributed by atoms with Crippen molar-refractivity contribution in [3.8, 4) is 6.07 Å². The van der Waals surface area contributed by atoms with E-state index in [9.17, 15) is 18.0 Å². The number of Topliss-reactive ketones (excluding diaryl/α,β-unsaturated/α-hetero) is 1. The van der Waals surface area contributed by atoms with Gasteiger partial charge in [0.1, 0.15) is 5.92 Å². The van der Waals surface area contributed by atoms with E-state index in [1.807, 2.05) is 0 Å². The molecule has 6 heteroatoms. The van der Waals surface area contributed by atoms with Gasteiger partial charge < -0.3 is 4.42 Å².